The van der Waals surface area contributed by atoms with Gasteiger partial charge in [-0.2, -0.15) is 0 Å². The number of hydrogen-bond donors (Lipinski definition) is 1. The van der Waals surface area contributed by atoms with Crippen molar-refractivity contribution >= 4 is 27.8 Å². The van der Waals surface area contributed by atoms with E-state index >= 15 is 0 Å². The molecule has 7 heteroatoms. The van der Waals surface area contributed by atoms with Gasteiger partial charge in [0.25, 0.3) is 0 Å². The topological polar surface area (TPSA) is 66.8 Å². The predicted octanol–water partition coefficient (Wildman–Crippen LogP) is 1.96. The molecule has 1 aromatic rings. The number of ether oxygens (including phenoxy) is 1. The molecule has 0 aromatic heterocycles. The normalized spacial score (nSPS) is 22.9. The molecule has 1 aliphatic rings. The van der Waals surface area contributed by atoms with Gasteiger partial charge in [0.05, 0.1) is 6.04 Å². The van der Waals surface area contributed by atoms with E-state index in [2.05, 4.69) is 15.9 Å². The van der Waals surface area contributed by atoms with Crippen LogP contribution < -0.4 is 0 Å². The summed E-state index contributed by atoms with van der Waals surface area (Å²) in [6.45, 7) is 1.69. The van der Waals surface area contributed by atoms with E-state index in [1.165, 1.54) is 23.1 Å². The summed E-state index contributed by atoms with van der Waals surface area (Å²) in [6, 6.07) is 3.23. The van der Waals surface area contributed by atoms with E-state index in [0.717, 1.165) is 0 Å². The SMILES string of the molecule is CCN1C(=O)COC(C(=O)O)C1c1cc(Br)ccc1F. The molecule has 0 saturated carbocycles. The molecule has 2 rings (SSSR count). The van der Waals surface area contributed by atoms with Crippen LogP contribution in [0.15, 0.2) is 22.7 Å². The third-order valence-electron chi connectivity index (χ3n) is 3.19. The number of benzene rings is 1. The van der Waals surface area contributed by atoms with Crippen LogP contribution in [0.25, 0.3) is 0 Å². The summed E-state index contributed by atoms with van der Waals surface area (Å²) in [6.07, 6.45) is -1.28. The molecule has 1 aromatic carbocycles. The van der Waals surface area contributed by atoms with Gasteiger partial charge in [-0.05, 0) is 25.1 Å². The Labute approximate surface area is 123 Å². The van der Waals surface area contributed by atoms with Crippen molar-refractivity contribution in [3.63, 3.8) is 0 Å². The Kier molecular flexibility index (Phi) is 4.39. The second-order valence-electron chi connectivity index (χ2n) is 4.36. The van der Waals surface area contributed by atoms with Crippen molar-refractivity contribution in [3.05, 3.63) is 34.1 Å². The van der Waals surface area contributed by atoms with Gasteiger partial charge in [0, 0.05) is 16.6 Å². The number of amides is 1. The van der Waals surface area contributed by atoms with Crippen LogP contribution in [0.3, 0.4) is 0 Å². The van der Waals surface area contributed by atoms with Crippen LogP contribution >= 0.6 is 15.9 Å². The monoisotopic (exact) mass is 345 g/mol. The number of hydrogen-bond acceptors (Lipinski definition) is 3. The number of carbonyl (C=O) groups is 2. The van der Waals surface area contributed by atoms with Crippen molar-refractivity contribution in [1.82, 2.24) is 4.90 Å². The maximum atomic E-state index is 14.0. The number of carboxylic acids is 1. The number of likely N-dealkylation sites (N-methyl/N-ethyl adjacent to an activating group) is 1. The fourth-order valence-corrected chi connectivity index (χ4v) is 2.68. The summed E-state index contributed by atoms with van der Waals surface area (Å²) >= 11 is 3.22. The standard InChI is InChI=1S/C13H13BrFNO4/c1-2-16-10(17)6-20-12(13(18)19)11(16)8-5-7(14)3-4-9(8)15/h3-5,11-12H,2,6H2,1H3,(H,18,19). The summed E-state index contributed by atoms with van der Waals surface area (Å²) in [5.41, 5.74) is 0.127. The minimum atomic E-state index is -1.28. The Bertz CT molecular complexity index is 549. The summed E-state index contributed by atoms with van der Waals surface area (Å²) < 4.78 is 19.7. The lowest BCUT2D eigenvalue weighted by Gasteiger charge is -2.39. The average molecular weight is 346 g/mol. The van der Waals surface area contributed by atoms with Gasteiger partial charge in [0.2, 0.25) is 5.91 Å². The number of carboxylic acid groups (broad SMARTS) is 1. The number of rotatable bonds is 3. The summed E-state index contributed by atoms with van der Waals surface area (Å²) in [5, 5.41) is 9.23. The van der Waals surface area contributed by atoms with Crippen LogP contribution in [0.1, 0.15) is 18.5 Å². The third-order valence-corrected chi connectivity index (χ3v) is 3.68. The van der Waals surface area contributed by atoms with E-state index in [1.807, 2.05) is 0 Å². The molecule has 1 fully saturated rings. The Balaban J connectivity index is 2.52. The Morgan fingerprint density at radius 2 is 2.30 bits per heavy atom. The highest BCUT2D eigenvalue weighted by molar-refractivity contribution is 9.10. The Hall–Kier alpha value is -1.47. The largest absolute Gasteiger partial charge is 0.479 e. The molecule has 1 heterocycles. The molecule has 1 N–H and O–H groups in total. The fourth-order valence-electron chi connectivity index (χ4n) is 2.31. The van der Waals surface area contributed by atoms with Crippen LogP contribution in [0.5, 0.6) is 0 Å². The molecule has 2 atom stereocenters. The van der Waals surface area contributed by atoms with Gasteiger partial charge in [0.1, 0.15) is 12.4 Å². The van der Waals surface area contributed by atoms with Gasteiger partial charge in [-0.15, -0.1) is 0 Å². The average Bonchev–Trinajstić information content (AvgIpc) is 2.40. The minimum Gasteiger partial charge on any atom is -0.479 e. The lowest BCUT2D eigenvalue weighted by Crippen LogP contribution is -2.51. The fraction of sp³-hybridized carbons (Fsp3) is 0.385. The summed E-state index contributed by atoms with van der Waals surface area (Å²) in [4.78, 5) is 24.5. The van der Waals surface area contributed by atoms with Crippen LogP contribution in [0.2, 0.25) is 0 Å². The van der Waals surface area contributed by atoms with E-state index in [1.54, 1.807) is 6.92 Å². The van der Waals surface area contributed by atoms with Crippen LogP contribution in [0, 0.1) is 5.82 Å². The van der Waals surface area contributed by atoms with Crippen molar-refractivity contribution in [2.24, 2.45) is 0 Å². The summed E-state index contributed by atoms with van der Waals surface area (Å²) in [5.74, 6) is -2.14. The van der Waals surface area contributed by atoms with Crippen molar-refractivity contribution in [1.29, 1.82) is 0 Å². The molecule has 1 aliphatic heterocycles. The molecule has 108 valence electrons. The molecule has 2 unspecified atom stereocenters. The van der Waals surface area contributed by atoms with E-state index in [4.69, 9.17) is 4.74 Å². The lowest BCUT2D eigenvalue weighted by atomic mass is 9.97. The first-order chi connectivity index (χ1) is 9.45. The summed E-state index contributed by atoms with van der Waals surface area (Å²) in [7, 11) is 0. The molecule has 0 spiro atoms. The highest BCUT2D eigenvalue weighted by atomic mass is 79.9. The number of nitrogens with zero attached hydrogens (tertiary/aromatic N) is 1. The molecule has 1 saturated heterocycles. The smallest absolute Gasteiger partial charge is 0.335 e. The quantitative estimate of drug-likeness (QED) is 0.909. The van der Waals surface area contributed by atoms with Gasteiger partial charge in [-0.25, -0.2) is 9.18 Å². The second-order valence-corrected chi connectivity index (χ2v) is 5.28. The maximum absolute atomic E-state index is 14.0. The Morgan fingerprint density at radius 3 is 2.90 bits per heavy atom. The van der Waals surface area contributed by atoms with Crippen molar-refractivity contribution in [3.8, 4) is 0 Å². The van der Waals surface area contributed by atoms with Crippen molar-refractivity contribution in [2.45, 2.75) is 19.1 Å². The van der Waals surface area contributed by atoms with Gasteiger partial charge >= 0.3 is 5.97 Å². The highest BCUT2D eigenvalue weighted by Crippen LogP contribution is 2.33. The first-order valence-corrected chi connectivity index (χ1v) is 6.83. The first kappa shape index (κ1) is 14.9. The molecule has 5 nitrogen and oxygen atoms in total. The van der Waals surface area contributed by atoms with Gasteiger partial charge in [-0.1, -0.05) is 15.9 Å². The maximum Gasteiger partial charge on any atom is 0.335 e. The highest BCUT2D eigenvalue weighted by Gasteiger charge is 2.42. The van der Waals surface area contributed by atoms with Gasteiger partial charge in [-0.3, -0.25) is 4.79 Å². The lowest BCUT2D eigenvalue weighted by molar-refractivity contribution is -0.173. The molecular weight excluding hydrogens is 333 g/mol. The van der Waals surface area contributed by atoms with Crippen LogP contribution in [-0.4, -0.2) is 41.1 Å². The van der Waals surface area contributed by atoms with Crippen LogP contribution in [0.4, 0.5) is 4.39 Å². The van der Waals surface area contributed by atoms with E-state index in [-0.39, 0.29) is 24.6 Å². The molecule has 0 aliphatic carbocycles. The third kappa shape index (κ3) is 2.69. The minimum absolute atomic E-state index is 0.127. The van der Waals surface area contributed by atoms with Gasteiger partial charge in [0.15, 0.2) is 6.10 Å². The van der Waals surface area contributed by atoms with Crippen molar-refractivity contribution in [2.75, 3.05) is 13.2 Å². The zero-order valence-electron chi connectivity index (χ0n) is 10.7. The molecule has 0 radical (unpaired) electrons. The predicted molar refractivity (Wildman–Crippen MR) is 71.6 cm³/mol. The first-order valence-electron chi connectivity index (χ1n) is 6.04. The number of aliphatic carboxylic acids is 1. The molecule has 0 bridgehead atoms. The number of morpholine rings is 1. The number of halogens is 2. The van der Waals surface area contributed by atoms with E-state index in [9.17, 15) is 19.1 Å². The van der Waals surface area contributed by atoms with E-state index < -0.39 is 23.9 Å². The van der Waals surface area contributed by atoms with Crippen molar-refractivity contribution < 1.29 is 23.8 Å². The zero-order valence-corrected chi connectivity index (χ0v) is 12.3. The van der Waals surface area contributed by atoms with Crippen LogP contribution in [-0.2, 0) is 14.3 Å². The molecular formula is C13H13BrFNO4. The van der Waals surface area contributed by atoms with Gasteiger partial charge < -0.3 is 14.7 Å². The Morgan fingerprint density at radius 1 is 1.60 bits per heavy atom. The molecule has 1 amide bonds. The number of carbonyl (C=O) groups excluding carboxylic acids is 1. The molecule has 20 heavy (non-hydrogen) atoms. The second kappa shape index (κ2) is 5.88. The zero-order chi connectivity index (χ0) is 14.9. The van der Waals surface area contributed by atoms with E-state index in [0.29, 0.717) is 4.47 Å².